The summed E-state index contributed by atoms with van der Waals surface area (Å²) in [5.74, 6) is 2.51. The number of carbonyl (C=O) groups excluding carboxylic acids is 4. The van der Waals surface area contributed by atoms with Gasteiger partial charge in [-0.1, -0.05) is 145 Å². The van der Waals surface area contributed by atoms with Crippen molar-refractivity contribution in [3.05, 3.63) is 376 Å². The van der Waals surface area contributed by atoms with Crippen LogP contribution >= 0.6 is 59.9 Å². The Bertz CT molecular complexity index is 5850. The number of nitrogens with one attached hydrogen (secondary N) is 1. The van der Waals surface area contributed by atoms with Gasteiger partial charge in [0.15, 0.2) is 0 Å². The fourth-order valence-electron chi connectivity index (χ4n) is 19.6. The number of aliphatic hydroxyl groups excluding tert-OH is 2. The van der Waals surface area contributed by atoms with Gasteiger partial charge in [-0.25, -0.2) is 29.5 Å². The van der Waals surface area contributed by atoms with Gasteiger partial charge in [0.2, 0.25) is 0 Å². The number of nitrogens with zero attached hydrogens (tertiary/aromatic N) is 12. The molecule has 0 spiro atoms. The van der Waals surface area contributed by atoms with E-state index in [0.29, 0.717) is 98.5 Å². The number of hydrogen-bond donors (Lipinski definition) is 4. The number of aliphatic hydroxyl groups is 2. The molecule has 8 aromatic heterocycles. The fraction of sp³-hybridized carbons (Fsp3) is 0.395. The molecule has 12 aromatic rings. The molecule has 16 rings (SSSR count). The first-order valence-electron chi connectivity index (χ1n) is 48.5. The van der Waals surface area contributed by atoms with Gasteiger partial charge in [-0.15, -0.1) is 0 Å². The smallest absolute Gasteiger partial charge is 0.410 e. The van der Waals surface area contributed by atoms with Crippen LogP contribution < -0.4 is 5.32 Å². The number of aromatic carboxylic acids is 1. The summed E-state index contributed by atoms with van der Waals surface area (Å²) in [4.78, 5) is 103. The third-order valence-electron chi connectivity index (χ3n) is 27.4. The van der Waals surface area contributed by atoms with E-state index in [4.69, 9.17) is 56.2 Å². The van der Waals surface area contributed by atoms with Gasteiger partial charge in [0.25, 0.3) is 17.7 Å². The second kappa shape index (κ2) is 53.1. The highest BCUT2D eigenvalue weighted by molar-refractivity contribution is 7.59. The maximum Gasteiger partial charge on any atom is 0.410 e. The minimum absolute atomic E-state index is 0. The minimum Gasteiger partial charge on any atom is -0.478 e. The molecule has 4 aromatic carbocycles. The number of aromatic nitrogens is 8. The number of carboxylic acids is 1. The predicted octanol–water partition coefficient (Wildman–Crippen LogP) is 24.0. The summed E-state index contributed by atoms with van der Waals surface area (Å²) < 4.78 is 5.87. The first-order chi connectivity index (χ1) is 67.1. The van der Waals surface area contributed by atoms with Gasteiger partial charge >= 0.3 is 12.1 Å². The number of benzene rings is 4. The van der Waals surface area contributed by atoms with Crippen LogP contribution in [0.4, 0.5) is 4.79 Å². The Hall–Kier alpha value is -11.4. The normalized spacial score (nSPS) is 18.2. The number of likely N-dealkylation sites (tertiary alicyclic amines) is 1. The molecule has 1 aliphatic heterocycles. The maximum atomic E-state index is 13.5. The summed E-state index contributed by atoms with van der Waals surface area (Å²) in [5.41, 5.74) is 18.5. The molecule has 0 radical (unpaired) electrons. The monoisotopic (exact) mass is 2000 g/mol. The largest absolute Gasteiger partial charge is 0.478 e. The SMILES string of the molecule is CNCc1cccnc1.Cc1cc([C@@H](C)[C@H]2CCC(Cc3ccc(C(=O)O)cc3)C2)cnc1Cl.Cc1cc([C@@H](C)[C@H]2CC[C@@H](Cc3ccc(C(=O)N(C)Cc4cccnc4)cc3)N2C(=O)OC(C)(C)C)cnc1Cl.Cc1cc([C@@H](O)[C@H]2CC[C@@H](Cc3ccc(C(=O)N(C)Cc4cccnc4)cc3)C2)cnc1Cl.Cc1cc([C@@H](O)[C@H]2CC[C@@H](Cc3ccc(C(=O)N(C)Cc4cccnc4)cc3)C2)cnc1Cl.S. The van der Waals surface area contributed by atoms with E-state index in [1.807, 2.05) is 214 Å². The summed E-state index contributed by atoms with van der Waals surface area (Å²) in [6, 6.07) is 54.5. The molecule has 744 valence electrons. The summed E-state index contributed by atoms with van der Waals surface area (Å²) in [5, 5.41) is 35.8. The number of aryl methyl sites for hydroxylation is 4. The number of carboxylic acid groups (broad SMARTS) is 1. The lowest BCUT2D eigenvalue weighted by Gasteiger charge is -2.35. The van der Waals surface area contributed by atoms with Crippen LogP contribution in [0.2, 0.25) is 20.6 Å². The predicted molar refractivity (Wildman–Crippen MR) is 565 cm³/mol. The second-order valence-electron chi connectivity index (χ2n) is 39.3. The van der Waals surface area contributed by atoms with Gasteiger partial charge in [0.1, 0.15) is 26.2 Å². The van der Waals surface area contributed by atoms with Crippen LogP contribution in [0.15, 0.2) is 244 Å². The molecule has 3 aliphatic carbocycles. The molecule has 1 unspecified atom stereocenters. The van der Waals surface area contributed by atoms with Crippen molar-refractivity contribution in [2.24, 2.45) is 35.5 Å². The average Bonchev–Trinajstić information content (AvgIpc) is 1.66. The van der Waals surface area contributed by atoms with Gasteiger partial charge in [0.05, 0.1) is 17.8 Å². The molecular weight excluding hydrogens is 1870 g/mol. The number of hydrogen-bond acceptors (Lipinski definition) is 17. The van der Waals surface area contributed by atoms with E-state index < -0.39 is 23.8 Å². The topological polar surface area (TPSA) is 283 Å². The van der Waals surface area contributed by atoms with Crippen molar-refractivity contribution in [2.45, 2.75) is 227 Å². The van der Waals surface area contributed by atoms with Crippen LogP contribution in [0.5, 0.6) is 0 Å². The molecular formula is C114H135Cl4N13O9S. The van der Waals surface area contributed by atoms with E-state index >= 15 is 0 Å². The van der Waals surface area contributed by atoms with Gasteiger partial charge in [0, 0.05) is 156 Å². The highest BCUT2D eigenvalue weighted by Gasteiger charge is 2.43. The van der Waals surface area contributed by atoms with Crippen LogP contribution in [-0.2, 0) is 56.6 Å². The van der Waals surface area contributed by atoms with E-state index in [-0.39, 0.29) is 67.1 Å². The van der Waals surface area contributed by atoms with Crippen LogP contribution in [0.25, 0.3) is 0 Å². The third-order valence-corrected chi connectivity index (χ3v) is 29.0. The summed E-state index contributed by atoms with van der Waals surface area (Å²) >= 11 is 24.3. The quantitative estimate of drug-likeness (QED) is 0.0332. The highest BCUT2D eigenvalue weighted by atomic mass is 35.5. The Morgan fingerprint density at radius 1 is 0.411 bits per heavy atom. The zero-order valence-electron chi connectivity index (χ0n) is 83.1. The molecule has 12 atom stereocenters. The molecule has 4 amide bonds. The van der Waals surface area contributed by atoms with Crippen molar-refractivity contribution in [1.82, 2.24) is 64.8 Å². The number of ether oxygens (including phenoxy) is 1. The summed E-state index contributed by atoms with van der Waals surface area (Å²) in [6.07, 6.45) is 35.1. The lowest BCUT2D eigenvalue weighted by Crippen LogP contribution is -2.46. The van der Waals surface area contributed by atoms with E-state index in [1.165, 1.54) is 47.1 Å². The molecule has 22 nitrogen and oxygen atoms in total. The van der Waals surface area contributed by atoms with Crippen LogP contribution in [-0.4, -0.2) is 150 Å². The molecule has 9 heterocycles. The van der Waals surface area contributed by atoms with Gasteiger partial charge < -0.3 is 45.0 Å². The Labute approximate surface area is 858 Å². The van der Waals surface area contributed by atoms with Crippen molar-refractivity contribution in [3.8, 4) is 0 Å². The first kappa shape index (κ1) is 110. The molecule has 0 bridgehead atoms. The number of pyridine rings is 8. The molecule has 4 N–H and O–H groups in total. The average molecular weight is 2010 g/mol. The molecule has 4 aliphatic rings. The molecule has 1 saturated heterocycles. The number of halogens is 4. The third kappa shape index (κ3) is 32.3. The van der Waals surface area contributed by atoms with Crippen molar-refractivity contribution in [3.63, 3.8) is 0 Å². The molecule has 141 heavy (non-hydrogen) atoms. The van der Waals surface area contributed by atoms with E-state index in [0.717, 1.165) is 138 Å². The molecule has 4 fully saturated rings. The van der Waals surface area contributed by atoms with Crippen LogP contribution in [0.3, 0.4) is 0 Å². The lowest BCUT2D eigenvalue weighted by atomic mass is 9.85. The molecule has 27 heteroatoms. The van der Waals surface area contributed by atoms with Crippen LogP contribution in [0, 0.1) is 63.2 Å². The number of rotatable bonds is 28. The van der Waals surface area contributed by atoms with Crippen LogP contribution in [0.1, 0.15) is 260 Å². The summed E-state index contributed by atoms with van der Waals surface area (Å²) in [7, 11) is 7.34. The lowest BCUT2D eigenvalue weighted by molar-refractivity contribution is 0.0126. The van der Waals surface area contributed by atoms with Gasteiger partial charge in [-0.3, -0.25) is 34.3 Å². The van der Waals surface area contributed by atoms with Crippen molar-refractivity contribution in [2.75, 3.05) is 28.2 Å². The Morgan fingerprint density at radius 2 is 0.723 bits per heavy atom. The van der Waals surface area contributed by atoms with E-state index in [9.17, 15) is 34.2 Å². The van der Waals surface area contributed by atoms with Crippen molar-refractivity contribution in [1.29, 1.82) is 0 Å². The van der Waals surface area contributed by atoms with Crippen molar-refractivity contribution < 1.29 is 44.0 Å². The molecule has 3 saturated carbocycles. The zero-order valence-corrected chi connectivity index (χ0v) is 87.2. The highest BCUT2D eigenvalue weighted by Crippen LogP contribution is 2.45. The fourth-order valence-corrected chi connectivity index (χ4v) is 20.0. The maximum absolute atomic E-state index is 13.5. The van der Waals surface area contributed by atoms with E-state index in [1.54, 1.807) is 89.7 Å². The zero-order chi connectivity index (χ0) is 100. The number of amides is 4. The standard InChI is InChI=1S/C32H39ClN4O3.2C27H30ClN3O2.C21H24ClNO2.C7H10N2.H2S/c1-21-16-26(19-35-29(21)33)22(2)28-14-13-27(37(28)31(39)40-32(3,4)5)17-23-9-11-25(12-10-23)30(38)36(6)20-24-8-7-15-34-18-24;2*1-18-12-24(16-30-26(18)28)25(32)23-10-7-20(14-23)13-19-5-8-22(9-6-19)27(33)31(2)17-21-4-3-11-29-15-21;1-13-9-19(12-23-20(13)22)14(2)18-8-5-16(11-18)10-15-3-6-17(7-4-15)21(24)25;1-8-5-7-3-2-4-9-6-7;/h7-12,15-16,18-19,22,27-28H,13-14,17,20H2,1-6H3;2*3-6,8-9,11-12,15-16,20,23,25,32H,7,10,13-14,17H2,1-2H3;3-4,6-7,9,12,14,16,18H,5,8,10-11H2,1-2H3,(H,24,25);2-4,6,8H,5H2,1H3;1H2/t22-,27+,28-;2*20-,23-,25-;14-,16?,18-;;/m1000../s1. The summed E-state index contributed by atoms with van der Waals surface area (Å²) in [6.45, 7) is 20.3. The Balaban J connectivity index is 0.000000175. The van der Waals surface area contributed by atoms with Gasteiger partial charge in [-0.2, -0.15) is 13.5 Å². The van der Waals surface area contributed by atoms with E-state index in [2.05, 4.69) is 95.4 Å². The van der Waals surface area contributed by atoms with Gasteiger partial charge in [-0.05, 0) is 367 Å². The second-order valence-corrected chi connectivity index (χ2v) is 40.8. The Kier molecular flexibility index (Phi) is 41.4. The minimum atomic E-state index is -0.867. The van der Waals surface area contributed by atoms with Crippen molar-refractivity contribution >= 4 is 89.7 Å². The number of carbonyl (C=O) groups is 5. The Morgan fingerprint density at radius 3 is 1.05 bits per heavy atom. The first-order valence-corrected chi connectivity index (χ1v) is 50.0.